The fourth-order valence-electron chi connectivity index (χ4n) is 1.95. The molecule has 1 aliphatic heterocycles. The summed E-state index contributed by atoms with van der Waals surface area (Å²) in [4.78, 5) is 14.3. The monoisotopic (exact) mass is 255 g/mol. The van der Waals surface area contributed by atoms with Gasteiger partial charge in [0.05, 0.1) is 11.7 Å². The SMILES string of the molecule is COC1CCN(C(=O)c2cc(S)ccc2F)C1. The van der Waals surface area contributed by atoms with Gasteiger partial charge < -0.3 is 9.64 Å². The number of hydrogen-bond acceptors (Lipinski definition) is 3. The van der Waals surface area contributed by atoms with Gasteiger partial charge in [0, 0.05) is 25.1 Å². The summed E-state index contributed by atoms with van der Waals surface area (Å²) in [6, 6.07) is 4.25. The van der Waals surface area contributed by atoms with Gasteiger partial charge in [-0.05, 0) is 24.6 Å². The third-order valence-corrected chi connectivity index (χ3v) is 3.22. The van der Waals surface area contributed by atoms with Gasteiger partial charge in [-0.1, -0.05) is 0 Å². The minimum absolute atomic E-state index is 0.0567. The lowest BCUT2D eigenvalue weighted by molar-refractivity contribution is 0.0719. The topological polar surface area (TPSA) is 29.5 Å². The van der Waals surface area contributed by atoms with Crippen LogP contribution in [0.2, 0.25) is 0 Å². The van der Waals surface area contributed by atoms with Crippen molar-refractivity contribution in [3.05, 3.63) is 29.6 Å². The van der Waals surface area contributed by atoms with Crippen molar-refractivity contribution in [1.29, 1.82) is 0 Å². The molecule has 0 N–H and O–H groups in total. The van der Waals surface area contributed by atoms with E-state index < -0.39 is 5.82 Å². The van der Waals surface area contributed by atoms with Crippen LogP contribution in [0, 0.1) is 5.82 Å². The fourth-order valence-corrected chi connectivity index (χ4v) is 2.16. The molecule has 0 spiro atoms. The molecule has 92 valence electrons. The highest BCUT2D eigenvalue weighted by atomic mass is 32.1. The Morgan fingerprint density at radius 3 is 3.00 bits per heavy atom. The Labute approximate surface area is 105 Å². The third kappa shape index (κ3) is 2.61. The number of ether oxygens (including phenoxy) is 1. The van der Waals surface area contributed by atoms with Crippen LogP contribution in [0.25, 0.3) is 0 Å². The summed E-state index contributed by atoms with van der Waals surface area (Å²) in [6.45, 7) is 1.12. The zero-order chi connectivity index (χ0) is 12.4. The number of likely N-dealkylation sites (tertiary alicyclic amines) is 1. The van der Waals surface area contributed by atoms with Crippen molar-refractivity contribution in [2.75, 3.05) is 20.2 Å². The lowest BCUT2D eigenvalue weighted by Gasteiger charge is -2.16. The van der Waals surface area contributed by atoms with Gasteiger partial charge >= 0.3 is 0 Å². The predicted octanol–water partition coefficient (Wildman–Crippen LogP) is 1.98. The van der Waals surface area contributed by atoms with Crippen molar-refractivity contribution in [3.8, 4) is 0 Å². The van der Waals surface area contributed by atoms with Crippen molar-refractivity contribution in [3.63, 3.8) is 0 Å². The van der Waals surface area contributed by atoms with Gasteiger partial charge in [-0.3, -0.25) is 4.79 Å². The fraction of sp³-hybridized carbons (Fsp3) is 0.417. The second-order valence-corrected chi connectivity index (χ2v) is 4.58. The van der Waals surface area contributed by atoms with Gasteiger partial charge in [-0.2, -0.15) is 0 Å². The predicted molar refractivity (Wildman–Crippen MR) is 65.0 cm³/mol. The molecule has 0 saturated carbocycles. The molecule has 1 aromatic rings. The molecule has 0 aliphatic carbocycles. The molecule has 5 heteroatoms. The molecule has 1 aliphatic rings. The molecule has 1 aromatic carbocycles. The highest BCUT2D eigenvalue weighted by Crippen LogP contribution is 2.19. The molecule has 1 heterocycles. The molecule has 3 nitrogen and oxygen atoms in total. The highest BCUT2D eigenvalue weighted by molar-refractivity contribution is 7.80. The number of methoxy groups -OCH3 is 1. The molecule has 17 heavy (non-hydrogen) atoms. The Morgan fingerprint density at radius 1 is 1.59 bits per heavy atom. The van der Waals surface area contributed by atoms with Crippen molar-refractivity contribution >= 4 is 18.5 Å². The maximum Gasteiger partial charge on any atom is 0.256 e. The number of carbonyl (C=O) groups is 1. The minimum atomic E-state index is -0.506. The molecule has 1 atom stereocenters. The average molecular weight is 255 g/mol. The number of carbonyl (C=O) groups excluding carboxylic acids is 1. The maximum atomic E-state index is 13.5. The van der Waals surface area contributed by atoms with Crippen LogP contribution in [0.3, 0.4) is 0 Å². The zero-order valence-corrected chi connectivity index (χ0v) is 10.4. The first-order valence-electron chi connectivity index (χ1n) is 5.42. The van der Waals surface area contributed by atoms with E-state index in [9.17, 15) is 9.18 Å². The molecular weight excluding hydrogens is 241 g/mol. The van der Waals surface area contributed by atoms with Crippen LogP contribution >= 0.6 is 12.6 Å². The van der Waals surface area contributed by atoms with Crippen molar-refractivity contribution in [2.24, 2.45) is 0 Å². The Bertz CT molecular complexity index is 439. The lowest BCUT2D eigenvalue weighted by Crippen LogP contribution is -2.30. The number of nitrogens with zero attached hydrogens (tertiary/aromatic N) is 1. The Balaban J connectivity index is 2.17. The summed E-state index contributed by atoms with van der Waals surface area (Å²) in [5.41, 5.74) is 0.0780. The zero-order valence-electron chi connectivity index (χ0n) is 9.52. The molecule has 1 fully saturated rings. The average Bonchev–Trinajstić information content (AvgIpc) is 2.80. The molecule has 1 unspecified atom stereocenters. The number of benzene rings is 1. The molecule has 1 saturated heterocycles. The van der Waals surface area contributed by atoms with Crippen molar-refractivity contribution in [1.82, 2.24) is 4.90 Å². The Hall–Kier alpha value is -1.07. The Kier molecular flexibility index (Phi) is 3.69. The van der Waals surface area contributed by atoms with E-state index in [-0.39, 0.29) is 17.6 Å². The number of rotatable bonds is 2. The van der Waals surface area contributed by atoms with Gasteiger partial charge in [0.2, 0.25) is 0 Å². The number of hydrogen-bond donors (Lipinski definition) is 1. The van der Waals surface area contributed by atoms with Gasteiger partial charge in [0.15, 0.2) is 0 Å². The second-order valence-electron chi connectivity index (χ2n) is 4.06. The van der Waals surface area contributed by atoms with Gasteiger partial charge in [0.25, 0.3) is 5.91 Å². The van der Waals surface area contributed by atoms with Crippen molar-refractivity contribution in [2.45, 2.75) is 17.4 Å². The van der Waals surface area contributed by atoms with E-state index >= 15 is 0 Å². The van der Waals surface area contributed by atoms with E-state index in [1.54, 1.807) is 12.0 Å². The summed E-state index contributed by atoms with van der Waals surface area (Å²) in [6.07, 6.45) is 0.853. The van der Waals surface area contributed by atoms with Crippen LogP contribution in [0.1, 0.15) is 16.8 Å². The first-order chi connectivity index (χ1) is 8.11. The van der Waals surface area contributed by atoms with Crippen LogP contribution in [-0.2, 0) is 4.74 Å². The highest BCUT2D eigenvalue weighted by Gasteiger charge is 2.28. The Morgan fingerprint density at radius 2 is 2.35 bits per heavy atom. The number of thiol groups is 1. The number of halogens is 1. The summed E-state index contributed by atoms with van der Waals surface area (Å²) < 4.78 is 18.7. The summed E-state index contributed by atoms with van der Waals surface area (Å²) >= 11 is 4.11. The molecular formula is C12H14FNO2S. The lowest BCUT2D eigenvalue weighted by atomic mass is 10.2. The van der Waals surface area contributed by atoms with E-state index in [0.29, 0.717) is 18.0 Å². The van der Waals surface area contributed by atoms with Crippen LogP contribution in [0.4, 0.5) is 4.39 Å². The summed E-state index contributed by atoms with van der Waals surface area (Å²) in [5, 5.41) is 0. The van der Waals surface area contributed by atoms with E-state index in [4.69, 9.17) is 4.74 Å². The van der Waals surface area contributed by atoms with Crippen LogP contribution in [0.15, 0.2) is 23.1 Å². The minimum Gasteiger partial charge on any atom is -0.380 e. The smallest absolute Gasteiger partial charge is 0.256 e. The van der Waals surface area contributed by atoms with Gasteiger partial charge in [0.1, 0.15) is 5.82 Å². The normalized spacial score (nSPS) is 19.7. The molecule has 0 bridgehead atoms. The first-order valence-corrected chi connectivity index (χ1v) is 5.87. The van der Waals surface area contributed by atoms with E-state index in [1.807, 2.05) is 0 Å². The largest absolute Gasteiger partial charge is 0.380 e. The molecule has 1 amide bonds. The number of amides is 1. The van der Waals surface area contributed by atoms with Crippen LogP contribution in [-0.4, -0.2) is 37.1 Å². The molecule has 2 rings (SSSR count). The van der Waals surface area contributed by atoms with Crippen LogP contribution in [0.5, 0.6) is 0 Å². The maximum absolute atomic E-state index is 13.5. The second kappa shape index (κ2) is 5.06. The van der Waals surface area contributed by atoms with E-state index in [0.717, 1.165) is 6.42 Å². The van der Waals surface area contributed by atoms with Crippen LogP contribution < -0.4 is 0 Å². The molecule has 0 aromatic heterocycles. The van der Waals surface area contributed by atoms with E-state index in [1.165, 1.54) is 18.2 Å². The summed E-state index contributed by atoms with van der Waals surface area (Å²) in [7, 11) is 1.62. The van der Waals surface area contributed by atoms with E-state index in [2.05, 4.69) is 12.6 Å². The third-order valence-electron chi connectivity index (χ3n) is 2.95. The summed E-state index contributed by atoms with van der Waals surface area (Å²) in [5.74, 6) is -0.799. The standard InChI is InChI=1S/C12H14FNO2S/c1-16-8-4-5-14(7-8)12(15)10-6-9(17)2-3-11(10)13/h2-3,6,8,17H,4-5,7H2,1H3. The molecule has 0 radical (unpaired) electrons. The van der Waals surface area contributed by atoms with Gasteiger partial charge in [-0.25, -0.2) is 4.39 Å². The van der Waals surface area contributed by atoms with Crippen molar-refractivity contribution < 1.29 is 13.9 Å². The first kappa shape index (κ1) is 12.4. The van der Waals surface area contributed by atoms with Gasteiger partial charge in [-0.15, -0.1) is 12.6 Å². The quantitative estimate of drug-likeness (QED) is 0.819.